The maximum Gasteiger partial charge on any atom is 0.250 e. The van der Waals surface area contributed by atoms with E-state index in [1.54, 1.807) is 12.1 Å². The summed E-state index contributed by atoms with van der Waals surface area (Å²) in [6.07, 6.45) is 0. The number of rotatable bonds is 2. The second-order valence-electron chi connectivity index (χ2n) is 2.34. The van der Waals surface area contributed by atoms with Gasteiger partial charge >= 0.3 is 0 Å². The number of anilines is 1. The van der Waals surface area contributed by atoms with Gasteiger partial charge in [0.25, 0.3) is 0 Å². The van der Waals surface area contributed by atoms with Crippen molar-refractivity contribution in [2.75, 3.05) is 11.9 Å². The Bertz CT molecular complexity index is 328. The first kappa shape index (κ1) is 10.3. The van der Waals surface area contributed by atoms with Crippen LogP contribution in [0.2, 0.25) is 10.0 Å². The van der Waals surface area contributed by atoms with Crippen molar-refractivity contribution in [2.45, 2.75) is 0 Å². The van der Waals surface area contributed by atoms with Crippen molar-refractivity contribution < 1.29 is 9.90 Å². The normalized spacial score (nSPS) is 9.77. The van der Waals surface area contributed by atoms with Gasteiger partial charge in [-0.3, -0.25) is 4.79 Å². The second kappa shape index (κ2) is 4.46. The molecule has 13 heavy (non-hydrogen) atoms. The molecular weight excluding hydrogens is 213 g/mol. The number of carbonyl (C=O) groups is 1. The summed E-state index contributed by atoms with van der Waals surface area (Å²) in [4.78, 5) is 10.7. The Labute approximate surface area is 85.3 Å². The molecule has 0 aromatic heterocycles. The van der Waals surface area contributed by atoms with Crippen LogP contribution in [0.3, 0.4) is 0 Å². The lowest BCUT2D eigenvalue weighted by Crippen LogP contribution is -2.15. The van der Waals surface area contributed by atoms with E-state index in [1.165, 1.54) is 6.07 Å². The van der Waals surface area contributed by atoms with Crippen molar-refractivity contribution in [1.29, 1.82) is 0 Å². The van der Waals surface area contributed by atoms with E-state index in [1.807, 2.05) is 0 Å². The lowest BCUT2D eigenvalue weighted by Gasteiger charge is -2.03. The maximum absolute atomic E-state index is 10.7. The minimum absolute atomic E-state index is 0.359. The SMILES string of the molecule is O=C(CO)Nc1ccc(Cl)c(Cl)c1. The van der Waals surface area contributed by atoms with Crippen molar-refractivity contribution in [1.82, 2.24) is 0 Å². The minimum Gasteiger partial charge on any atom is -0.387 e. The van der Waals surface area contributed by atoms with Crippen molar-refractivity contribution in [3.05, 3.63) is 28.2 Å². The summed E-state index contributed by atoms with van der Waals surface area (Å²) in [5.74, 6) is -0.488. The number of hydrogen-bond acceptors (Lipinski definition) is 2. The molecule has 1 amide bonds. The van der Waals surface area contributed by atoms with Gasteiger partial charge in [0, 0.05) is 5.69 Å². The Morgan fingerprint density at radius 2 is 2.08 bits per heavy atom. The van der Waals surface area contributed by atoms with E-state index in [-0.39, 0.29) is 0 Å². The van der Waals surface area contributed by atoms with Gasteiger partial charge in [-0.15, -0.1) is 0 Å². The highest BCUT2D eigenvalue weighted by molar-refractivity contribution is 6.42. The van der Waals surface area contributed by atoms with E-state index >= 15 is 0 Å². The zero-order valence-electron chi connectivity index (χ0n) is 6.55. The van der Waals surface area contributed by atoms with E-state index in [2.05, 4.69) is 5.32 Å². The summed E-state index contributed by atoms with van der Waals surface area (Å²) in [6, 6.07) is 4.68. The Kier molecular flexibility index (Phi) is 3.54. The Morgan fingerprint density at radius 3 is 2.62 bits per heavy atom. The van der Waals surface area contributed by atoms with Crippen LogP contribution < -0.4 is 5.32 Å². The van der Waals surface area contributed by atoms with Crippen LogP contribution in [0, 0.1) is 0 Å². The Hall–Kier alpha value is -0.770. The van der Waals surface area contributed by atoms with Gasteiger partial charge in [0.2, 0.25) is 5.91 Å². The third-order valence-electron chi connectivity index (χ3n) is 1.35. The number of hydrogen-bond donors (Lipinski definition) is 2. The standard InChI is InChI=1S/C8H7Cl2NO2/c9-6-2-1-5(3-7(6)10)11-8(13)4-12/h1-3,12H,4H2,(H,11,13). The van der Waals surface area contributed by atoms with Gasteiger partial charge in [0.15, 0.2) is 0 Å². The molecule has 0 aliphatic carbocycles. The van der Waals surface area contributed by atoms with Gasteiger partial charge in [-0.25, -0.2) is 0 Å². The molecule has 70 valence electrons. The number of amides is 1. The average molecular weight is 220 g/mol. The van der Waals surface area contributed by atoms with E-state index in [0.717, 1.165) is 0 Å². The highest BCUT2D eigenvalue weighted by atomic mass is 35.5. The van der Waals surface area contributed by atoms with Crippen LogP contribution in [0.25, 0.3) is 0 Å². The van der Waals surface area contributed by atoms with E-state index in [4.69, 9.17) is 28.3 Å². The third kappa shape index (κ3) is 2.88. The van der Waals surface area contributed by atoms with Crippen LogP contribution in [0.15, 0.2) is 18.2 Å². The number of aliphatic hydroxyl groups excluding tert-OH is 1. The molecule has 0 heterocycles. The Morgan fingerprint density at radius 1 is 1.38 bits per heavy atom. The monoisotopic (exact) mass is 219 g/mol. The van der Waals surface area contributed by atoms with Crippen LogP contribution >= 0.6 is 23.2 Å². The van der Waals surface area contributed by atoms with Crippen molar-refractivity contribution in [3.63, 3.8) is 0 Å². The largest absolute Gasteiger partial charge is 0.387 e. The summed E-state index contributed by atoms with van der Waals surface area (Å²) in [5.41, 5.74) is 0.508. The molecule has 0 aliphatic heterocycles. The number of aliphatic hydroxyl groups is 1. The lowest BCUT2D eigenvalue weighted by atomic mass is 10.3. The highest BCUT2D eigenvalue weighted by Crippen LogP contribution is 2.24. The molecule has 0 bridgehead atoms. The van der Waals surface area contributed by atoms with Gasteiger partial charge in [-0.05, 0) is 18.2 Å². The van der Waals surface area contributed by atoms with E-state index in [9.17, 15) is 4.79 Å². The van der Waals surface area contributed by atoms with Crippen LogP contribution in [-0.4, -0.2) is 17.6 Å². The summed E-state index contributed by atoms with van der Waals surface area (Å²) < 4.78 is 0. The van der Waals surface area contributed by atoms with Crippen molar-refractivity contribution >= 4 is 34.8 Å². The number of carbonyl (C=O) groups excluding carboxylic acids is 1. The first-order chi connectivity index (χ1) is 6.13. The summed E-state index contributed by atoms with van der Waals surface area (Å²) in [5, 5.41) is 11.7. The smallest absolute Gasteiger partial charge is 0.250 e. The molecule has 5 heteroatoms. The molecule has 0 fully saturated rings. The number of benzene rings is 1. The quantitative estimate of drug-likeness (QED) is 0.799. The minimum atomic E-state index is -0.555. The molecule has 0 saturated heterocycles. The fraction of sp³-hybridized carbons (Fsp3) is 0.125. The molecule has 0 radical (unpaired) electrons. The van der Waals surface area contributed by atoms with Crippen LogP contribution in [0.4, 0.5) is 5.69 Å². The zero-order chi connectivity index (χ0) is 9.84. The first-order valence-electron chi connectivity index (χ1n) is 3.49. The fourth-order valence-corrected chi connectivity index (χ4v) is 1.07. The van der Waals surface area contributed by atoms with E-state index in [0.29, 0.717) is 15.7 Å². The predicted molar refractivity (Wildman–Crippen MR) is 52.2 cm³/mol. The molecule has 0 spiro atoms. The molecule has 1 rings (SSSR count). The van der Waals surface area contributed by atoms with Crippen LogP contribution in [-0.2, 0) is 4.79 Å². The zero-order valence-corrected chi connectivity index (χ0v) is 8.06. The fourth-order valence-electron chi connectivity index (χ4n) is 0.774. The maximum atomic E-state index is 10.7. The van der Waals surface area contributed by atoms with Gasteiger partial charge in [0.1, 0.15) is 6.61 Å². The van der Waals surface area contributed by atoms with E-state index < -0.39 is 12.5 Å². The summed E-state index contributed by atoms with van der Waals surface area (Å²) in [6.45, 7) is -0.555. The average Bonchev–Trinajstić information content (AvgIpc) is 2.11. The predicted octanol–water partition coefficient (Wildman–Crippen LogP) is 1.92. The molecule has 3 nitrogen and oxygen atoms in total. The van der Waals surface area contributed by atoms with Gasteiger partial charge in [-0.2, -0.15) is 0 Å². The van der Waals surface area contributed by atoms with Gasteiger partial charge < -0.3 is 10.4 Å². The second-order valence-corrected chi connectivity index (χ2v) is 3.15. The molecule has 0 aliphatic rings. The molecule has 1 aromatic rings. The third-order valence-corrected chi connectivity index (χ3v) is 2.09. The summed E-state index contributed by atoms with van der Waals surface area (Å²) in [7, 11) is 0. The Balaban J connectivity index is 2.79. The van der Waals surface area contributed by atoms with Crippen molar-refractivity contribution in [2.24, 2.45) is 0 Å². The van der Waals surface area contributed by atoms with Gasteiger partial charge in [-0.1, -0.05) is 23.2 Å². The molecule has 0 unspecified atom stereocenters. The van der Waals surface area contributed by atoms with Crippen LogP contribution in [0.5, 0.6) is 0 Å². The number of nitrogens with one attached hydrogen (secondary N) is 1. The summed E-state index contributed by atoms with van der Waals surface area (Å²) >= 11 is 11.4. The highest BCUT2D eigenvalue weighted by Gasteiger charge is 2.02. The molecule has 0 atom stereocenters. The molecule has 0 saturated carbocycles. The topological polar surface area (TPSA) is 49.3 Å². The first-order valence-corrected chi connectivity index (χ1v) is 4.25. The van der Waals surface area contributed by atoms with Crippen LogP contribution in [0.1, 0.15) is 0 Å². The van der Waals surface area contributed by atoms with Gasteiger partial charge in [0.05, 0.1) is 10.0 Å². The molecular formula is C8H7Cl2NO2. The molecule has 2 N–H and O–H groups in total. The lowest BCUT2D eigenvalue weighted by molar-refractivity contribution is -0.118. The van der Waals surface area contributed by atoms with Crippen molar-refractivity contribution in [3.8, 4) is 0 Å². The molecule has 1 aromatic carbocycles. The number of halogens is 2.